The van der Waals surface area contributed by atoms with Gasteiger partial charge in [0.25, 0.3) is 0 Å². The summed E-state index contributed by atoms with van der Waals surface area (Å²) in [7, 11) is 3.44. The summed E-state index contributed by atoms with van der Waals surface area (Å²) < 4.78 is 0. The minimum absolute atomic E-state index is 0.00689. The number of allylic oxidation sites excluding steroid dienone is 10. The van der Waals surface area contributed by atoms with Gasteiger partial charge >= 0.3 is 0 Å². The Morgan fingerprint density at radius 1 is 0.688 bits per heavy atom. The van der Waals surface area contributed by atoms with Crippen LogP contribution in [0.1, 0.15) is 65.2 Å². The van der Waals surface area contributed by atoms with E-state index in [2.05, 4.69) is 78.3 Å². The SMILES string of the molecule is CC/C=C\C/C=C\C/C=C\C/C=C\C/C=C\CCCC(=O)NCCSSCCNC(C)=O. The molecule has 2 amide bonds. The lowest BCUT2D eigenvalue weighted by atomic mass is 10.2. The Hall–Kier alpha value is -1.66. The fraction of sp³-hybridized carbons (Fsp3) is 0.538. The maximum atomic E-state index is 11.8. The van der Waals surface area contributed by atoms with Crippen molar-refractivity contribution < 1.29 is 9.59 Å². The largest absolute Gasteiger partial charge is 0.355 e. The molecule has 0 bridgehead atoms. The van der Waals surface area contributed by atoms with E-state index in [9.17, 15) is 9.59 Å². The molecule has 0 atom stereocenters. The van der Waals surface area contributed by atoms with Crippen molar-refractivity contribution in [1.29, 1.82) is 0 Å². The van der Waals surface area contributed by atoms with Crippen LogP contribution in [-0.4, -0.2) is 36.4 Å². The third-order valence-corrected chi connectivity index (χ3v) is 6.49. The average molecular weight is 479 g/mol. The molecule has 0 spiro atoms. The van der Waals surface area contributed by atoms with Gasteiger partial charge in [-0.05, 0) is 44.9 Å². The Kier molecular flexibility index (Phi) is 24.3. The predicted molar refractivity (Wildman–Crippen MR) is 145 cm³/mol. The highest BCUT2D eigenvalue weighted by molar-refractivity contribution is 8.76. The molecule has 0 saturated carbocycles. The maximum Gasteiger partial charge on any atom is 0.220 e. The molecule has 0 fully saturated rings. The second kappa shape index (κ2) is 25.6. The topological polar surface area (TPSA) is 58.2 Å². The number of hydrogen-bond acceptors (Lipinski definition) is 4. The first kappa shape index (κ1) is 30.3. The van der Waals surface area contributed by atoms with E-state index < -0.39 is 0 Å². The Bertz CT molecular complexity index is 611. The van der Waals surface area contributed by atoms with Gasteiger partial charge in [0.2, 0.25) is 11.8 Å². The van der Waals surface area contributed by atoms with E-state index in [-0.39, 0.29) is 11.8 Å². The smallest absolute Gasteiger partial charge is 0.220 e. The first-order valence-corrected chi connectivity index (χ1v) is 14.2. The molecular formula is C26H42N2O2S2. The zero-order valence-corrected chi connectivity index (χ0v) is 21.5. The molecule has 0 radical (unpaired) electrons. The number of carbonyl (C=O) groups excluding carboxylic acids is 2. The molecule has 0 aliphatic rings. The molecule has 0 saturated heterocycles. The molecule has 6 heteroatoms. The molecule has 0 aromatic carbocycles. The van der Waals surface area contributed by atoms with Crippen molar-refractivity contribution in [3.63, 3.8) is 0 Å². The van der Waals surface area contributed by atoms with Crippen LogP contribution in [-0.2, 0) is 9.59 Å². The van der Waals surface area contributed by atoms with E-state index in [1.54, 1.807) is 21.6 Å². The van der Waals surface area contributed by atoms with Crippen LogP contribution in [0.2, 0.25) is 0 Å². The molecule has 0 aliphatic carbocycles. The summed E-state index contributed by atoms with van der Waals surface area (Å²) in [5.74, 6) is 1.89. The molecule has 0 rings (SSSR count). The summed E-state index contributed by atoms with van der Waals surface area (Å²) >= 11 is 0. The van der Waals surface area contributed by atoms with Gasteiger partial charge in [0.05, 0.1) is 0 Å². The molecule has 180 valence electrons. The van der Waals surface area contributed by atoms with Crippen molar-refractivity contribution in [3.05, 3.63) is 60.8 Å². The fourth-order valence-corrected chi connectivity index (χ4v) is 4.27. The Labute approximate surface area is 203 Å². The predicted octanol–water partition coefficient (Wildman–Crippen LogP) is 6.54. The van der Waals surface area contributed by atoms with E-state index in [1.165, 1.54) is 6.92 Å². The van der Waals surface area contributed by atoms with Crippen molar-refractivity contribution in [1.82, 2.24) is 10.6 Å². The minimum atomic E-state index is 0.00689. The van der Waals surface area contributed by atoms with Gasteiger partial charge in [0.15, 0.2) is 0 Å². The number of carbonyl (C=O) groups is 2. The van der Waals surface area contributed by atoms with Crippen LogP contribution in [0.15, 0.2) is 60.8 Å². The summed E-state index contributed by atoms with van der Waals surface area (Å²) in [4.78, 5) is 22.5. The van der Waals surface area contributed by atoms with Crippen LogP contribution in [0.5, 0.6) is 0 Å². The monoisotopic (exact) mass is 478 g/mol. The molecule has 0 aromatic heterocycles. The lowest BCUT2D eigenvalue weighted by Gasteiger charge is -2.04. The molecule has 4 nitrogen and oxygen atoms in total. The van der Waals surface area contributed by atoms with Crippen LogP contribution >= 0.6 is 21.6 Å². The van der Waals surface area contributed by atoms with Crippen molar-refractivity contribution in [2.24, 2.45) is 0 Å². The van der Waals surface area contributed by atoms with E-state index in [4.69, 9.17) is 0 Å². The Morgan fingerprint density at radius 3 is 1.66 bits per heavy atom. The molecule has 0 aromatic rings. The minimum Gasteiger partial charge on any atom is -0.355 e. The zero-order valence-electron chi connectivity index (χ0n) is 19.9. The van der Waals surface area contributed by atoms with Crippen LogP contribution in [0, 0.1) is 0 Å². The van der Waals surface area contributed by atoms with Gasteiger partial charge in [-0.15, -0.1) is 0 Å². The number of rotatable bonds is 20. The van der Waals surface area contributed by atoms with Crippen molar-refractivity contribution in [3.8, 4) is 0 Å². The first-order chi connectivity index (χ1) is 15.7. The number of amides is 2. The van der Waals surface area contributed by atoms with Gasteiger partial charge < -0.3 is 10.6 Å². The maximum absolute atomic E-state index is 11.8. The zero-order chi connectivity index (χ0) is 23.5. The standard InChI is InChI=1S/C26H42N2O2S2/c1-3-4-5-6-7-8-9-10-11-12-13-14-15-16-17-18-19-20-26(30)28-22-24-32-31-23-21-27-25(2)29/h4-5,7-8,10-11,13-14,16-17H,3,6,9,12,15,18-24H2,1-2H3,(H,27,29)(H,28,30)/b5-4-,8-7-,11-10-,14-13-,17-16-. The molecular weight excluding hydrogens is 436 g/mol. The van der Waals surface area contributed by atoms with Crippen molar-refractivity contribution in [2.75, 3.05) is 24.6 Å². The third kappa shape index (κ3) is 26.4. The van der Waals surface area contributed by atoms with Crippen LogP contribution in [0.3, 0.4) is 0 Å². The number of nitrogens with one attached hydrogen (secondary N) is 2. The summed E-state index contributed by atoms with van der Waals surface area (Å²) in [5.41, 5.74) is 0. The molecule has 0 aliphatic heterocycles. The van der Waals surface area contributed by atoms with Gasteiger partial charge in [-0.25, -0.2) is 0 Å². The van der Waals surface area contributed by atoms with Gasteiger partial charge in [0, 0.05) is 37.9 Å². The van der Waals surface area contributed by atoms with E-state index in [1.807, 2.05) is 0 Å². The lowest BCUT2D eigenvalue weighted by Crippen LogP contribution is -2.25. The van der Waals surface area contributed by atoms with Gasteiger partial charge in [-0.2, -0.15) is 0 Å². The highest BCUT2D eigenvalue weighted by Crippen LogP contribution is 2.19. The summed E-state index contributed by atoms with van der Waals surface area (Å²) in [6.07, 6.45) is 29.4. The van der Waals surface area contributed by atoms with Crippen LogP contribution in [0.25, 0.3) is 0 Å². The summed E-state index contributed by atoms with van der Waals surface area (Å²) in [6, 6.07) is 0. The van der Waals surface area contributed by atoms with E-state index in [0.29, 0.717) is 19.5 Å². The quantitative estimate of drug-likeness (QED) is 0.118. The van der Waals surface area contributed by atoms with Crippen molar-refractivity contribution in [2.45, 2.75) is 65.2 Å². The molecule has 32 heavy (non-hydrogen) atoms. The average Bonchev–Trinajstić information content (AvgIpc) is 2.77. The van der Waals surface area contributed by atoms with Gasteiger partial charge in [-0.3, -0.25) is 9.59 Å². The molecule has 0 heterocycles. The van der Waals surface area contributed by atoms with E-state index >= 15 is 0 Å². The highest BCUT2D eigenvalue weighted by atomic mass is 33.1. The Morgan fingerprint density at radius 2 is 1.16 bits per heavy atom. The molecule has 2 N–H and O–H groups in total. The second-order valence-electron chi connectivity index (χ2n) is 7.08. The van der Waals surface area contributed by atoms with E-state index in [0.717, 1.165) is 56.5 Å². The van der Waals surface area contributed by atoms with Gasteiger partial charge in [-0.1, -0.05) is 89.3 Å². The Balaban J connectivity index is 3.46. The normalized spacial score (nSPS) is 12.2. The van der Waals surface area contributed by atoms with Crippen molar-refractivity contribution >= 4 is 33.4 Å². The lowest BCUT2D eigenvalue weighted by molar-refractivity contribution is -0.121. The first-order valence-electron chi connectivity index (χ1n) is 11.7. The van der Waals surface area contributed by atoms with Crippen LogP contribution in [0.4, 0.5) is 0 Å². The van der Waals surface area contributed by atoms with Gasteiger partial charge in [0.1, 0.15) is 0 Å². The third-order valence-electron chi connectivity index (χ3n) is 4.08. The fourth-order valence-electron chi connectivity index (χ4n) is 2.46. The highest BCUT2D eigenvalue weighted by Gasteiger charge is 1.99. The summed E-state index contributed by atoms with van der Waals surface area (Å²) in [5, 5.41) is 5.72. The number of hydrogen-bond donors (Lipinski definition) is 2. The summed E-state index contributed by atoms with van der Waals surface area (Å²) in [6.45, 7) is 5.06. The second-order valence-corrected chi connectivity index (χ2v) is 9.78. The number of unbranched alkanes of at least 4 members (excludes halogenated alkanes) is 1. The van der Waals surface area contributed by atoms with Crippen LogP contribution < -0.4 is 10.6 Å². The molecule has 0 unspecified atom stereocenters.